The molecule has 0 saturated heterocycles. The zero-order valence-electron chi connectivity index (χ0n) is 11.9. The van der Waals surface area contributed by atoms with Crippen LogP contribution >= 0.6 is 11.6 Å². The SMILES string of the molecule is Cc1ccc(/C=C/C(=O)Nc2ccc3c(c2)OCO3)cc1Cl. The number of hydrogen-bond donors (Lipinski definition) is 1. The molecule has 0 bridgehead atoms. The summed E-state index contributed by atoms with van der Waals surface area (Å²) in [5.41, 5.74) is 2.53. The molecule has 22 heavy (non-hydrogen) atoms. The normalized spacial score (nSPS) is 12.6. The molecule has 4 nitrogen and oxygen atoms in total. The van der Waals surface area contributed by atoms with Crippen LogP contribution in [0, 0.1) is 6.92 Å². The molecule has 0 aliphatic carbocycles. The molecule has 0 unspecified atom stereocenters. The molecule has 1 N–H and O–H groups in total. The van der Waals surface area contributed by atoms with E-state index in [0.29, 0.717) is 22.2 Å². The maximum atomic E-state index is 11.9. The number of amides is 1. The van der Waals surface area contributed by atoms with E-state index in [9.17, 15) is 4.79 Å². The van der Waals surface area contributed by atoms with Crippen LogP contribution in [0.1, 0.15) is 11.1 Å². The summed E-state index contributed by atoms with van der Waals surface area (Å²) in [6, 6.07) is 10.9. The van der Waals surface area contributed by atoms with Gasteiger partial charge in [0.1, 0.15) is 0 Å². The molecule has 2 aromatic carbocycles. The lowest BCUT2D eigenvalue weighted by Gasteiger charge is -2.03. The van der Waals surface area contributed by atoms with Gasteiger partial charge >= 0.3 is 0 Å². The lowest BCUT2D eigenvalue weighted by atomic mass is 10.1. The molecule has 0 spiro atoms. The van der Waals surface area contributed by atoms with Crippen LogP contribution in [-0.2, 0) is 4.79 Å². The van der Waals surface area contributed by atoms with Crippen LogP contribution in [0.25, 0.3) is 6.08 Å². The predicted octanol–water partition coefficient (Wildman–Crippen LogP) is 4.03. The molecule has 0 atom stereocenters. The van der Waals surface area contributed by atoms with E-state index in [4.69, 9.17) is 21.1 Å². The zero-order chi connectivity index (χ0) is 15.5. The number of carbonyl (C=O) groups excluding carboxylic acids is 1. The van der Waals surface area contributed by atoms with Crippen molar-refractivity contribution < 1.29 is 14.3 Å². The fraction of sp³-hybridized carbons (Fsp3) is 0.118. The van der Waals surface area contributed by atoms with Crippen LogP contribution in [0.2, 0.25) is 5.02 Å². The monoisotopic (exact) mass is 315 g/mol. The third kappa shape index (κ3) is 3.23. The van der Waals surface area contributed by atoms with Gasteiger partial charge in [-0.05, 0) is 42.3 Å². The van der Waals surface area contributed by atoms with Gasteiger partial charge in [-0.25, -0.2) is 0 Å². The first kappa shape index (κ1) is 14.5. The van der Waals surface area contributed by atoms with E-state index in [1.54, 1.807) is 24.3 Å². The summed E-state index contributed by atoms with van der Waals surface area (Å²) < 4.78 is 10.5. The maximum absolute atomic E-state index is 11.9. The zero-order valence-corrected chi connectivity index (χ0v) is 12.7. The number of anilines is 1. The second-order valence-electron chi connectivity index (χ2n) is 4.90. The van der Waals surface area contributed by atoms with Gasteiger partial charge in [-0.3, -0.25) is 4.79 Å². The number of nitrogens with one attached hydrogen (secondary N) is 1. The van der Waals surface area contributed by atoms with Crippen LogP contribution in [-0.4, -0.2) is 12.7 Å². The molecule has 112 valence electrons. The van der Waals surface area contributed by atoms with Crippen LogP contribution in [0.3, 0.4) is 0 Å². The van der Waals surface area contributed by atoms with Crippen molar-refractivity contribution in [1.82, 2.24) is 0 Å². The van der Waals surface area contributed by atoms with Gasteiger partial charge in [0, 0.05) is 22.9 Å². The highest BCUT2D eigenvalue weighted by Crippen LogP contribution is 2.34. The highest BCUT2D eigenvalue weighted by Gasteiger charge is 2.13. The predicted molar refractivity (Wildman–Crippen MR) is 86.4 cm³/mol. The first-order chi connectivity index (χ1) is 10.6. The van der Waals surface area contributed by atoms with E-state index >= 15 is 0 Å². The van der Waals surface area contributed by atoms with Gasteiger partial charge in [-0.2, -0.15) is 0 Å². The molecule has 1 amide bonds. The maximum Gasteiger partial charge on any atom is 0.248 e. The van der Waals surface area contributed by atoms with Crippen molar-refractivity contribution in [2.45, 2.75) is 6.92 Å². The van der Waals surface area contributed by atoms with Crippen LogP contribution in [0.5, 0.6) is 11.5 Å². The van der Waals surface area contributed by atoms with E-state index in [1.165, 1.54) is 6.08 Å². The topological polar surface area (TPSA) is 47.6 Å². The fourth-order valence-electron chi connectivity index (χ4n) is 2.04. The van der Waals surface area contributed by atoms with Gasteiger partial charge in [-0.1, -0.05) is 23.7 Å². The van der Waals surface area contributed by atoms with Gasteiger partial charge in [0.05, 0.1) is 0 Å². The molecule has 1 heterocycles. The number of halogens is 1. The number of aryl methyl sites for hydroxylation is 1. The van der Waals surface area contributed by atoms with E-state index in [1.807, 2.05) is 25.1 Å². The first-order valence-corrected chi connectivity index (χ1v) is 7.14. The largest absolute Gasteiger partial charge is 0.454 e. The van der Waals surface area contributed by atoms with Crippen molar-refractivity contribution in [1.29, 1.82) is 0 Å². The van der Waals surface area contributed by atoms with Gasteiger partial charge in [0.25, 0.3) is 0 Å². The number of fused-ring (bicyclic) bond motifs is 1. The Morgan fingerprint density at radius 1 is 1.18 bits per heavy atom. The Hall–Kier alpha value is -2.46. The Bertz CT molecular complexity index is 756. The molecular weight excluding hydrogens is 302 g/mol. The summed E-state index contributed by atoms with van der Waals surface area (Å²) in [7, 11) is 0. The molecule has 2 aromatic rings. The minimum Gasteiger partial charge on any atom is -0.454 e. The standard InChI is InChI=1S/C17H14ClNO3/c1-11-2-3-12(8-14(11)18)4-7-17(20)19-13-5-6-15-16(9-13)22-10-21-15/h2-9H,10H2,1H3,(H,19,20)/b7-4+. The molecule has 0 fully saturated rings. The van der Waals surface area contributed by atoms with E-state index in [0.717, 1.165) is 11.1 Å². The van der Waals surface area contributed by atoms with Gasteiger partial charge in [0.2, 0.25) is 12.7 Å². The number of ether oxygens (including phenoxy) is 2. The van der Waals surface area contributed by atoms with E-state index in [2.05, 4.69) is 5.32 Å². The second kappa shape index (κ2) is 6.12. The number of rotatable bonds is 3. The second-order valence-corrected chi connectivity index (χ2v) is 5.31. The number of benzene rings is 2. The van der Waals surface area contributed by atoms with Crippen molar-refractivity contribution in [3.63, 3.8) is 0 Å². The van der Waals surface area contributed by atoms with Crippen LogP contribution in [0.15, 0.2) is 42.5 Å². The first-order valence-electron chi connectivity index (χ1n) is 6.77. The summed E-state index contributed by atoms with van der Waals surface area (Å²) in [4.78, 5) is 11.9. The molecule has 5 heteroatoms. The summed E-state index contributed by atoms with van der Waals surface area (Å²) in [6.07, 6.45) is 3.18. The average Bonchev–Trinajstić information content (AvgIpc) is 2.96. The lowest BCUT2D eigenvalue weighted by Crippen LogP contribution is -2.07. The lowest BCUT2D eigenvalue weighted by molar-refractivity contribution is -0.111. The summed E-state index contributed by atoms with van der Waals surface area (Å²) in [5, 5.41) is 3.45. The van der Waals surface area contributed by atoms with Gasteiger partial charge < -0.3 is 14.8 Å². The minimum atomic E-state index is -0.226. The Morgan fingerprint density at radius 2 is 2.00 bits per heavy atom. The Balaban J connectivity index is 1.67. The molecule has 0 radical (unpaired) electrons. The number of carbonyl (C=O) groups is 1. The Labute approximate surface area is 133 Å². The van der Waals surface area contributed by atoms with Crippen molar-refractivity contribution in [3.8, 4) is 11.5 Å². The van der Waals surface area contributed by atoms with Crippen LogP contribution in [0.4, 0.5) is 5.69 Å². The van der Waals surface area contributed by atoms with Crippen molar-refractivity contribution in [3.05, 3.63) is 58.6 Å². The summed E-state index contributed by atoms with van der Waals surface area (Å²) >= 11 is 6.05. The Morgan fingerprint density at radius 3 is 2.82 bits per heavy atom. The van der Waals surface area contributed by atoms with Crippen molar-refractivity contribution >= 4 is 29.3 Å². The molecule has 0 saturated carbocycles. The smallest absolute Gasteiger partial charge is 0.248 e. The third-order valence-corrected chi connectivity index (χ3v) is 3.67. The summed E-state index contributed by atoms with van der Waals surface area (Å²) in [6.45, 7) is 2.14. The highest BCUT2D eigenvalue weighted by atomic mass is 35.5. The van der Waals surface area contributed by atoms with Crippen molar-refractivity contribution in [2.24, 2.45) is 0 Å². The van der Waals surface area contributed by atoms with E-state index < -0.39 is 0 Å². The number of hydrogen-bond acceptors (Lipinski definition) is 3. The highest BCUT2D eigenvalue weighted by molar-refractivity contribution is 6.31. The fourth-order valence-corrected chi connectivity index (χ4v) is 2.23. The molecule has 1 aliphatic heterocycles. The minimum absolute atomic E-state index is 0.209. The van der Waals surface area contributed by atoms with Gasteiger partial charge in [0.15, 0.2) is 11.5 Å². The van der Waals surface area contributed by atoms with E-state index in [-0.39, 0.29) is 12.7 Å². The average molecular weight is 316 g/mol. The van der Waals surface area contributed by atoms with Gasteiger partial charge in [-0.15, -0.1) is 0 Å². The Kier molecular flexibility index (Phi) is 4.02. The quantitative estimate of drug-likeness (QED) is 0.870. The molecule has 0 aromatic heterocycles. The molecule has 3 rings (SSSR count). The molecular formula is C17H14ClNO3. The van der Waals surface area contributed by atoms with Crippen LogP contribution < -0.4 is 14.8 Å². The third-order valence-electron chi connectivity index (χ3n) is 3.26. The molecule has 1 aliphatic rings. The summed E-state index contributed by atoms with van der Waals surface area (Å²) in [5.74, 6) is 1.09. The van der Waals surface area contributed by atoms with Crippen molar-refractivity contribution in [2.75, 3.05) is 12.1 Å².